The molecule has 2 atom stereocenters. The number of methoxy groups -OCH3 is 2. The second-order valence-corrected chi connectivity index (χ2v) is 5.46. The minimum Gasteiger partial charge on any atom is -0.496 e. The van der Waals surface area contributed by atoms with Gasteiger partial charge in [-0.15, -0.1) is 0 Å². The Labute approximate surface area is 123 Å². The molecule has 0 aliphatic rings. The first-order chi connectivity index (χ1) is 9.71. The van der Waals surface area contributed by atoms with E-state index in [1.165, 1.54) is 5.56 Å². The van der Waals surface area contributed by atoms with Gasteiger partial charge in [-0.05, 0) is 43.4 Å². The molecule has 0 radical (unpaired) electrons. The van der Waals surface area contributed by atoms with Crippen LogP contribution in [0.2, 0.25) is 0 Å². The van der Waals surface area contributed by atoms with E-state index in [9.17, 15) is 0 Å². The molecular formula is C17H29NO2. The van der Waals surface area contributed by atoms with E-state index in [-0.39, 0.29) is 0 Å². The van der Waals surface area contributed by atoms with E-state index < -0.39 is 0 Å². The summed E-state index contributed by atoms with van der Waals surface area (Å²) in [5, 5.41) is 3.65. The van der Waals surface area contributed by atoms with Crippen molar-refractivity contribution in [3.05, 3.63) is 29.8 Å². The zero-order chi connectivity index (χ0) is 14.8. The van der Waals surface area contributed by atoms with Gasteiger partial charge in [-0.25, -0.2) is 0 Å². The van der Waals surface area contributed by atoms with Crippen LogP contribution in [0.4, 0.5) is 0 Å². The monoisotopic (exact) mass is 279 g/mol. The van der Waals surface area contributed by atoms with Crippen molar-refractivity contribution in [2.24, 2.45) is 5.92 Å². The topological polar surface area (TPSA) is 30.5 Å². The Balaban J connectivity index is 2.67. The lowest BCUT2D eigenvalue weighted by Gasteiger charge is -2.23. The molecule has 0 heterocycles. The zero-order valence-electron chi connectivity index (χ0n) is 13.3. The van der Waals surface area contributed by atoms with Crippen LogP contribution in [0.25, 0.3) is 0 Å². The lowest BCUT2D eigenvalue weighted by Crippen LogP contribution is -2.34. The largest absolute Gasteiger partial charge is 0.496 e. The van der Waals surface area contributed by atoms with Gasteiger partial charge < -0.3 is 14.8 Å². The lowest BCUT2D eigenvalue weighted by atomic mass is 9.96. The number of para-hydroxylation sites is 1. The summed E-state index contributed by atoms with van der Waals surface area (Å²) < 4.78 is 10.7. The molecule has 0 aliphatic heterocycles. The summed E-state index contributed by atoms with van der Waals surface area (Å²) in [5.41, 5.74) is 1.27. The van der Waals surface area contributed by atoms with Gasteiger partial charge in [-0.1, -0.05) is 32.0 Å². The number of nitrogens with one attached hydrogen (secondary N) is 1. The van der Waals surface area contributed by atoms with E-state index in [2.05, 4.69) is 31.3 Å². The van der Waals surface area contributed by atoms with Gasteiger partial charge in [0.2, 0.25) is 0 Å². The van der Waals surface area contributed by atoms with Crippen LogP contribution in [0, 0.1) is 5.92 Å². The van der Waals surface area contributed by atoms with Crippen molar-refractivity contribution in [2.75, 3.05) is 27.4 Å². The summed E-state index contributed by atoms with van der Waals surface area (Å²) in [6.45, 7) is 6.31. The maximum absolute atomic E-state index is 5.45. The van der Waals surface area contributed by atoms with E-state index in [1.807, 2.05) is 12.1 Å². The molecule has 0 bridgehead atoms. The molecule has 0 saturated carbocycles. The Bertz CT molecular complexity index is 368. The molecular weight excluding hydrogens is 250 g/mol. The predicted octanol–water partition coefficient (Wildman–Crippen LogP) is 3.28. The smallest absolute Gasteiger partial charge is 0.122 e. The molecule has 0 spiro atoms. The maximum atomic E-state index is 5.45. The van der Waals surface area contributed by atoms with Crippen LogP contribution in [0.5, 0.6) is 5.75 Å². The van der Waals surface area contributed by atoms with Crippen LogP contribution in [-0.2, 0) is 11.2 Å². The van der Waals surface area contributed by atoms with Crippen molar-refractivity contribution in [3.8, 4) is 5.75 Å². The van der Waals surface area contributed by atoms with Crippen LogP contribution in [0.1, 0.15) is 32.3 Å². The van der Waals surface area contributed by atoms with Crippen molar-refractivity contribution in [3.63, 3.8) is 0 Å². The molecule has 0 fully saturated rings. The Morgan fingerprint density at radius 1 is 1.20 bits per heavy atom. The Kier molecular flexibility index (Phi) is 8.31. The minimum atomic E-state index is 0.469. The fourth-order valence-corrected chi connectivity index (χ4v) is 2.56. The van der Waals surface area contributed by atoms with Gasteiger partial charge in [0.15, 0.2) is 0 Å². The minimum absolute atomic E-state index is 0.469. The summed E-state index contributed by atoms with van der Waals surface area (Å²) >= 11 is 0. The van der Waals surface area contributed by atoms with Gasteiger partial charge in [0, 0.05) is 19.8 Å². The van der Waals surface area contributed by atoms with E-state index in [1.54, 1.807) is 14.2 Å². The van der Waals surface area contributed by atoms with Crippen molar-refractivity contribution < 1.29 is 9.47 Å². The highest BCUT2D eigenvalue weighted by molar-refractivity contribution is 5.33. The Morgan fingerprint density at radius 2 is 1.95 bits per heavy atom. The SMILES string of the molecule is CCCNC(Cc1ccccc1OC)CC(C)COC. The molecule has 3 nitrogen and oxygen atoms in total. The van der Waals surface area contributed by atoms with Crippen molar-refractivity contribution in [1.29, 1.82) is 0 Å². The molecule has 114 valence electrons. The predicted molar refractivity (Wildman–Crippen MR) is 84.4 cm³/mol. The van der Waals surface area contributed by atoms with Gasteiger partial charge in [0.05, 0.1) is 7.11 Å². The first kappa shape index (κ1) is 17.0. The zero-order valence-corrected chi connectivity index (χ0v) is 13.3. The third-order valence-electron chi connectivity index (χ3n) is 3.48. The highest BCUT2D eigenvalue weighted by Gasteiger charge is 2.15. The number of hydrogen-bond donors (Lipinski definition) is 1. The van der Waals surface area contributed by atoms with Crippen LogP contribution in [0.15, 0.2) is 24.3 Å². The van der Waals surface area contributed by atoms with Gasteiger partial charge in [-0.2, -0.15) is 0 Å². The summed E-state index contributed by atoms with van der Waals surface area (Å²) in [7, 11) is 3.51. The number of hydrogen-bond acceptors (Lipinski definition) is 3. The maximum Gasteiger partial charge on any atom is 0.122 e. The summed E-state index contributed by atoms with van der Waals surface area (Å²) in [5.74, 6) is 1.54. The normalized spacial score (nSPS) is 14.0. The number of ether oxygens (including phenoxy) is 2. The first-order valence-corrected chi connectivity index (χ1v) is 7.55. The molecule has 2 unspecified atom stereocenters. The standard InChI is InChI=1S/C17H29NO2/c1-5-10-18-16(11-14(2)13-19-3)12-15-8-6-7-9-17(15)20-4/h6-9,14,16,18H,5,10-13H2,1-4H3. The summed E-state index contributed by atoms with van der Waals surface area (Å²) in [6, 6.07) is 8.75. The number of rotatable bonds is 10. The van der Waals surface area contributed by atoms with Crippen LogP contribution in [0.3, 0.4) is 0 Å². The highest BCUT2D eigenvalue weighted by Crippen LogP contribution is 2.21. The quantitative estimate of drug-likeness (QED) is 0.713. The molecule has 1 aromatic rings. The van der Waals surface area contributed by atoms with Crippen molar-refractivity contribution in [2.45, 2.75) is 39.2 Å². The molecule has 1 rings (SSSR count). The van der Waals surface area contributed by atoms with Gasteiger partial charge >= 0.3 is 0 Å². The molecule has 0 aromatic heterocycles. The molecule has 20 heavy (non-hydrogen) atoms. The van der Waals surface area contributed by atoms with E-state index >= 15 is 0 Å². The fraction of sp³-hybridized carbons (Fsp3) is 0.647. The van der Waals surface area contributed by atoms with Gasteiger partial charge in [0.25, 0.3) is 0 Å². The number of benzene rings is 1. The molecule has 1 aromatic carbocycles. The van der Waals surface area contributed by atoms with Crippen LogP contribution < -0.4 is 10.1 Å². The molecule has 0 aliphatic carbocycles. The van der Waals surface area contributed by atoms with E-state index in [0.29, 0.717) is 12.0 Å². The molecule has 1 N–H and O–H groups in total. The summed E-state index contributed by atoms with van der Waals surface area (Å²) in [6.07, 6.45) is 3.27. The molecule has 0 amide bonds. The average molecular weight is 279 g/mol. The molecule has 0 saturated heterocycles. The summed E-state index contributed by atoms with van der Waals surface area (Å²) in [4.78, 5) is 0. The van der Waals surface area contributed by atoms with E-state index in [4.69, 9.17) is 9.47 Å². The van der Waals surface area contributed by atoms with Gasteiger partial charge in [-0.3, -0.25) is 0 Å². The Hall–Kier alpha value is -1.06. The molecule has 3 heteroatoms. The van der Waals surface area contributed by atoms with Crippen LogP contribution in [-0.4, -0.2) is 33.4 Å². The second kappa shape index (κ2) is 9.78. The first-order valence-electron chi connectivity index (χ1n) is 7.55. The fourth-order valence-electron chi connectivity index (χ4n) is 2.56. The third-order valence-corrected chi connectivity index (χ3v) is 3.48. The lowest BCUT2D eigenvalue weighted by molar-refractivity contribution is 0.149. The second-order valence-electron chi connectivity index (χ2n) is 5.46. The average Bonchev–Trinajstić information content (AvgIpc) is 2.45. The van der Waals surface area contributed by atoms with Gasteiger partial charge in [0.1, 0.15) is 5.75 Å². The highest BCUT2D eigenvalue weighted by atomic mass is 16.5. The third kappa shape index (κ3) is 5.93. The van der Waals surface area contributed by atoms with Crippen LogP contribution >= 0.6 is 0 Å². The van der Waals surface area contributed by atoms with E-state index in [0.717, 1.165) is 38.2 Å². The van der Waals surface area contributed by atoms with Crippen molar-refractivity contribution in [1.82, 2.24) is 5.32 Å². The Morgan fingerprint density at radius 3 is 2.60 bits per heavy atom. The van der Waals surface area contributed by atoms with Crippen molar-refractivity contribution >= 4 is 0 Å².